The minimum Gasteiger partial charge on any atom is -0.352 e. The van der Waals surface area contributed by atoms with Gasteiger partial charge in [0.15, 0.2) is 17.2 Å². The fourth-order valence-electron chi connectivity index (χ4n) is 3.11. The van der Waals surface area contributed by atoms with Gasteiger partial charge in [0.25, 0.3) is 0 Å². The monoisotopic (exact) mass is 326 g/mol. The third kappa shape index (κ3) is 2.70. The summed E-state index contributed by atoms with van der Waals surface area (Å²) in [6.07, 6.45) is 2.29. The van der Waals surface area contributed by atoms with E-state index in [9.17, 15) is 9.18 Å². The number of rotatable bonds is 4. The molecule has 1 saturated heterocycles. The van der Waals surface area contributed by atoms with Crippen LogP contribution in [0.2, 0.25) is 0 Å². The fraction of sp³-hybridized carbons (Fsp3) is 0.312. The van der Waals surface area contributed by atoms with Gasteiger partial charge in [0.2, 0.25) is 0 Å². The van der Waals surface area contributed by atoms with Crippen LogP contribution in [0.5, 0.6) is 0 Å². The summed E-state index contributed by atoms with van der Waals surface area (Å²) in [6, 6.07) is 9.43. The minimum atomic E-state index is -0.340. The molecule has 2 aromatic heterocycles. The predicted molar refractivity (Wildman–Crippen MR) is 84.3 cm³/mol. The second-order valence-electron chi connectivity index (χ2n) is 5.84. The number of hydrogen-bond acceptors (Lipinski definition) is 6. The second kappa shape index (κ2) is 5.95. The van der Waals surface area contributed by atoms with Crippen LogP contribution in [0.3, 0.4) is 0 Å². The summed E-state index contributed by atoms with van der Waals surface area (Å²) in [5.41, 5.74) is 1.11. The average molecular weight is 326 g/mol. The van der Waals surface area contributed by atoms with Gasteiger partial charge in [0.05, 0.1) is 0 Å². The molecule has 0 radical (unpaired) electrons. The van der Waals surface area contributed by atoms with Crippen molar-refractivity contribution in [1.29, 1.82) is 0 Å². The topological polar surface area (TPSA) is 76.3 Å². The first kappa shape index (κ1) is 14.7. The van der Waals surface area contributed by atoms with E-state index < -0.39 is 0 Å². The molecular formula is C16H15FN6O. The van der Waals surface area contributed by atoms with Crippen LogP contribution < -0.4 is 4.90 Å². The molecule has 7 nitrogen and oxygen atoms in total. The summed E-state index contributed by atoms with van der Waals surface area (Å²) in [5, 5.41) is 15.6. The number of aromatic nitrogens is 5. The summed E-state index contributed by atoms with van der Waals surface area (Å²) in [7, 11) is 0. The summed E-state index contributed by atoms with van der Waals surface area (Å²) in [6.45, 7) is 0.835. The number of benzene rings is 1. The van der Waals surface area contributed by atoms with E-state index in [4.69, 9.17) is 0 Å². The SMILES string of the molecule is O=C(C[C@@H]1CCCN1c1ccc2nnnn2n1)c1ccc(F)cc1. The summed E-state index contributed by atoms with van der Waals surface area (Å²) in [5.74, 6) is 0.424. The van der Waals surface area contributed by atoms with Crippen molar-refractivity contribution in [2.75, 3.05) is 11.4 Å². The molecule has 3 heterocycles. The third-order valence-electron chi connectivity index (χ3n) is 4.31. The molecule has 0 bridgehead atoms. The largest absolute Gasteiger partial charge is 0.352 e. The molecule has 0 aliphatic carbocycles. The number of halogens is 1. The maximum atomic E-state index is 13.0. The molecular weight excluding hydrogens is 311 g/mol. The number of ketones is 1. The summed E-state index contributed by atoms with van der Waals surface area (Å²) < 4.78 is 14.4. The van der Waals surface area contributed by atoms with Crippen LogP contribution in [0, 0.1) is 5.82 Å². The molecule has 0 spiro atoms. The zero-order valence-corrected chi connectivity index (χ0v) is 12.8. The average Bonchev–Trinajstić information content (AvgIpc) is 3.23. The number of Topliss-reactive ketones (excluding diaryl/α,β-unsaturated/α-hetero) is 1. The van der Waals surface area contributed by atoms with Crippen LogP contribution in [0.4, 0.5) is 10.2 Å². The molecule has 0 amide bonds. The van der Waals surface area contributed by atoms with E-state index in [1.54, 1.807) is 6.07 Å². The van der Waals surface area contributed by atoms with Gasteiger partial charge in [-0.25, -0.2) is 4.39 Å². The zero-order chi connectivity index (χ0) is 16.5. The molecule has 8 heteroatoms. The van der Waals surface area contributed by atoms with Crippen LogP contribution in [0.15, 0.2) is 36.4 Å². The maximum Gasteiger partial charge on any atom is 0.200 e. The van der Waals surface area contributed by atoms with E-state index in [1.807, 2.05) is 6.07 Å². The summed E-state index contributed by atoms with van der Waals surface area (Å²) >= 11 is 0. The van der Waals surface area contributed by atoms with Crippen molar-refractivity contribution in [3.05, 3.63) is 47.8 Å². The van der Waals surface area contributed by atoms with Crippen molar-refractivity contribution in [2.24, 2.45) is 0 Å². The van der Waals surface area contributed by atoms with Crippen molar-refractivity contribution in [2.45, 2.75) is 25.3 Å². The van der Waals surface area contributed by atoms with Gasteiger partial charge in [0.1, 0.15) is 5.82 Å². The molecule has 1 aliphatic heterocycles. The molecule has 1 aliphatic rings. The number of fused-ring (bicyclic) bond motifs is 1. The highest BCUT2D eigenvalue weighted by Gasteiger charge is 2.28. The lowest BCUT2D eigenvalue weighted by Gasteiger charge is -2.24. The molecule has 0 unspecified atom stereocenters. The Hall–Kier alpha value is -2.90. The molecule has 1 aromatic carbocycles. The van der Waals surface area contributed by atoms with Gasteiger partial charge in [0, 0.05) is 24.6 Å². The molecule has 1 atom stereocenters. The van der Waals surface area contributed by atoms with Gasteiger partial charge < -0.3 is 4.90 Å². The first-order valence-corrected chi connectivity index (χ1v) is 7.81. The molecule has 0 saturated carbocycles. The van der Waals surface area contributed by atoms with Crippen molar-refractivity contribution in [1.82, 2.24) is 25.3 Å². The molecule has 0 N–H and O–H groups in total. The van der Waals surface area contributed by atoms with Crippen LogP contribution in [0.1, 0.15) is 29.6 Å². The minimum absolute atomic E-state index is 0.00963. The smallest absolute Gasteiger partial charge is 0.200 e. The molecule has 1 fully saturated rings. The zero-order valence-electron chi connectivity index (χ0n) is 12.8. The fourth-order valence-corrected chi connectivity index (χ4v) is 3.11. The van der Waals surface area contributed by atoms with E-state index >= 15 is 0 Å². The third-order valence-corrected chi connectivity index (χ3v) is 4.31. The van der Waals surface area contributed by atoms with Gasteiger partial charge in [-0.1, -0.05) is 0 Å². The normalized spacial score (nSPS) is 17.5. The second-order valence-corrected chi connectivity index (χ2v) is 5.84. The molecule has 24 heavy (non-hydrogen) atoms. The number of anilines is 1. The van der Waals surface area contributed by atoms with Gasteiger partial charge in [-0.2, -0.15) is 0 Å². The number of carbonyl (C=O) groups is 1. The maximum absolute atomic E-state index is 13.0. The van der Waals surface area contributed by atoms with Crippen molar-refractivity contribution in [3.8, 4) is 0 Å². The van der Waals surface area contributed by atoms with Crippen molar-refractivity contribution < 1.29 is 9.18 Å². The molecule has 3 aromatic rings. The van der Waals surface area contributed by atoms with Gasteiger partial charge >= 0.3 is 0 Å². The Balaban J connectivity index is 1.53. The Morgan fingerprint density at radius 3 is 2.88 bits per heavy atom. The lowest BCUT2D eigenvalue weighted by atomic mass is 10.0. The Morgan fingerprint density at radius 1 is 1.21 bits per heavy atom. The van der Waals surface area contributed by atoms with Crippen LogP contribution in [-0.2, 0) is 0 Å². The quantitative estimate of drug-likeness (QED) is 0.682. The Labute approximate surface area is 137 Å². The van der Waals surface area contributed by atoms with E-state index in [0.29, 0.717) is 17.6 Å². The summed E-state index contributed by atoms with van der Waals surface area (Å²) in [4.78, 5) is 14.6. The van der Waals surface area contributed by atoms with E-state index in [1.165, 1.54) is 28.9 Å². The van der Waals surface area contributed by atoms with Gasteiger partial charge in [-0.05, 0) is 59.7 Å². The van der Waals surface area contributed by atoms with E-state index in [2.05, 4.69) is 25.5 Å². The van der Waals surface area contributed by atoms with Crippen LogP contribution in [0.25, 0.3) is 5.65 Å². The Kier molecular flexibility index (Phi) is 3.64. The Bertz CT molecular complexity index is 878. The lowest BCUT2D eigenvalue weighted by Crippen LogP contribution is -2.32. The van der Waals surface area contributed by atoms with Crippen molar-refractivity contribution in [3.63, 3.8) is 0 Å². The Morgan fingerprint density at radius 2 is 2.04 bits per heavy atom. The first-order valence-electron chi connectivity index (χ1n) is 7.81. The van der Waals surface area contributed by atoms with Crippen molar-refractivity contribution >= 4 is 17.2 Å². The number of nitrogens with zero attached hydrogens (tertiary/aromatic N) is 6. The van der Waals surface area contributed by atoms with Gasteiger partial charge in [-0.3, -0.25) is 4.79 Å². The standard InChI is InChI=1S/C16H15FN6O/c17-12-5-3-11(4-6-12)14(24)10-13-2-1-9-22(13)16-8-7-15-18-20-21-23(15)19-16/h3-8,13H,1-2,9-10H2/t13-/m0/s1. The highest BCUT2D eigenvalue weighted by Crippen LogP contribution is 2.26. The lowest BCUT2D eigenvalue weighted by molar-refractivity contribution is 0.0974. The first-order chi connectivity index (χ1) is 11.7. The molecule has 122 valence electrons. The van der Waals surface area contributed by atoms with E-state index in [0.717, 1.165) is 25.2 Å². The molecule has 4 rings (SSSR count). The number of hydrogen-bond donors (Lipinski definition) is 0. The van der Waals surface area contributed by atoms with Crippen LogP contribution in [-0.4, -0.2) is 43.6 Å². The van der Waals surface area contributed by atoms with Crippen LogP contribution >= 0.6 is 0 Å². The number of carbonyl (C=O) groups excluding carboxylic acids is 1. The number of tetrazole rings is 1. The van der Waals surface area contributed by atoms with Gasteiger partial charge in [-0.15, -0.1) is 14.8 Å². The van der Waals surface area contributed by atoms with E-state index in [-0.39, 0.29) is 17.6 Å². The highest BCUT2D eigenvalue weighted by molar-refractivity contribution is 5.96. The predicted octanol–water partition coefficient (Wildman–Crippen LogP) is 1.90. The highest BCUT2D eigenvalue weighted by atomic mass is 19.1.